The number of ether oxygens (including phenoxy) is 1. The first-order chi connectivity index (χ1) is 11.4. The van der Waals surface area contributed by atoms with Gasteiger partial charge >= 0.3 is 5.97 Å². The first kappa shape index (κ1) is 17.6. The van der Waals surface area contributed by atoms with E-state index in [9.17, 15) is 18.0 Å². The van der Waals surface area contributed by atoms with E-state index in [0.717, 1.165) is 11.8 Å². The van der Waals surface area contributed by atoms with Gasteiger partial charge in [-0.25, -0.2) is 22.9 Å². The van der Waals surface area contributed by atoms with Crippen molar-refractivity contribution in [1.82, 2.24) is 9.71 Å². The van der Waals surface area contributed by atoms with Gasteiger partial charge in [0, 0.05) is 6.20 Å². The summed E-state index contributed by atoms with van der Waals surface area (Å²) in [5.41, 5.74) is 0.923. The molecular weight excluding hydrogens is 332 g/mol. The molecule has 1 heterocycles. The van der Waals surface area contributed by atoms with Crippen molar-refractivity contribution in [3.05, 3.63) is 65.5 Å². The number of aromatic nitrogens is 1. The van der Waals surface area contributed by atoms with Gasteiger partial charge in [0.05, 0.1) is 18.4 Å². The van der Waals surface area contributed by atoms with E-state index in [4.69, 9.17) is 0 Å². The van der Waals surface area contributed by atoms with Gasteiger partial charge in [-0.05, 0) is 24.1 Å². The highest BCUT2D eigenvalue weighted by Gasteiger charge is 2.17. The Morgan fingerprint density at radius 3 is 2.42 bits per heavy atom. The predicted molar refractivity (Wildman–Crippen MR) is 87.0 cm³/mol. The van der Waals surface area contributed by atoms with Gasteiger partial charge in [0.15, 0.2) is 0 Å². The molecule has 0 aliphatic rings. The van der Waals surface area contributed by atoms with Crippen LogP contribution < -0.4 is 4.72 Å². The van der Waals surface area contributed by atoms with Gasteiger partial charge in [0.1, 0.15) is 5.69 Å². The number of nitrogens with zero attached hydrogens (tertiary/aromatic N) is 1. The van der Waals surface area contributed by atoms with Crippen LogP contribution in [0.5, 0.6) is 0 Å². The third-order valence-electron chi connectivity index (χ3n) is 3.17. The van der Waals surface area contributed by atoms with Crippen molar-refractivity contribution in [2.75, 3.05) is 12.9 Å². The lowest BCUT2D eigenvalue weighted by Gasteiger charge is -2.07. The molecule has 0 radical (unpaired) electrons. The van der Waals surface area contributed by atoms with E-state index in [1.165, 1.54) is 19.2 Å². The second-order valence-corrected chi connectivity index (χ2v) is 6.75. The van der Waals surface area contributed by atoms with Crippen LogP contribution in [-0.4, -0.2) is 38.1 Å². The van der Waals surface area contributed by atoms with Crippen molar-refractivity contribution >= 4 is 21.9 Å². The minimum atomic E-state index is -3.78. The molecule has 0 spiro atoms. The van der Waals surface area contributed by atoms with E-state index in [-0.39, 0.29) is 17.0 Å². The number of nitrogens with one attached hydrogen (secondary N) is 1. The van der Waals surface area contributed by atoms with Crippen LogP contribution in [0, 0.1) is 0 Å². The molecule has 1 aromatic carbocycles. The highest BCUT2D eigenvalue weighted by atomic mass is 32.2. The number of esters is 1. The van der Waals surface area contributed by atoms with E-state index < -0.39 is 21.9 Å². The number of rotatable bonds is 6. The van der Waals surface area contributed by atoms with Crippen molar-refractivity contribution in [3.8, 4) is 0 Å². The zero-order valence-electron chi connectivity index (χ0n) is 12.9. The van der Waals surface area contributed by atoms with E-state index in [1.807, 2.05) is 35.1 Å². The second kappa shape index (κ2) is 7.69. The molecule has 0 unspecified atom stereocenters. The number of hydrogen-bond donors (Lipinski definition) is 1. The van der Waals surface area contributed by atoms with Crippen molar-refractivity contribution < 1.29 is 22.7 Å². The molecule has 126 valence electrons. The Bertz CT molecular complexity index is 817. The number of carbonyl (C=O) groups is 2. The Morgan fingerprint density at radius 2 is 1.83 bits per heavy atom. The number of methoxy groups -OCH3 is 1. The van der Waals surface area contributed by atoms with E-state index >= 15 is 0 Å². The average molecular weight is 348 g/mol. The van der Waals surface area contributed by atoms with Crippen molar-refractivity contribution in [1.29, 1.82) is 0 Å². The summed E-state index contributed by atoms with van der Waals surface area (Å²) in [6, 6.07) is 11.7. The maximum absolute atomic E-state index is 12.0. The largest absolute Gasteiger partial charge is 0.464 e. The summed E-state index contributed by atoms with van der Waals surface area (Å²) in [6.07, 6.45) is 1.41. The second-order valence-electron chi connectivity index (χ2n) is 4.91. The molecule has 0 aliphatic carbocycles. The Kier molecular flexibility index (Phi) is 5.64. The molecule has 0 saturated heterocycles. The maximum atomic E-state index is 12.0. The summed E-state index contributed by atoms with van der Waals surface area (Å²) >= 11 is 0. The van der Waals surface area contributed by atoms with Crippen molar-refractivity contribution in [2.24, 2.45) is 0 Å². The number of benzene rings is 1. The monoisotopic (exact) mass is 348 g/mol. The summed E-state index contributed by atoms with van der Waals surface area (Å²) < 4.78 is 30.4. The molecule has 0 aliphatic heterocycles. The van der Waals surface area contributed by atoms with Crippen LogP contribution in [0.2, 0.25) is 0 Å². The van der Waals surface area contributed by atoms with Crippen molar-refractivity contribution in [2.45, 2.75) is 6.42 Å². The Hall–Kier alpha value is -2.74. The molecule has 0 fully saturated rings. The average Bonchev–Trinajstić information content (AvgIpc) is 2.60. The quantitative estimate of drug-likeness (QED) is 0.786. The topological polar surface area (TPSA) is 102 Å². The molecule has 1 aromatic heterocycles. The van der Waals surface area contributed by atoms with Gasteiger partial charge in [-0.1, -0.05) is 30.3 Å². The predicted octanol–water partition coefficient (Wildman–Crippen LogP) is 1.17. The summed E-state index contributed by atoms with van der Waals surface area (Å²) in [4.78, 5) is 27.0. The molecule has 1 N–H and O–H groups in total. The summed E-state index contributed by atoms with van der Waals surface area (Å²) in [7, 11) is -2.56. The Balaban J connectivity index is 1.98. The minimum absolute atomic E-state index is 0.0287. The molecular formula is C16H16N2O5S. The molecule has 2 aromatic rings. The third-order valence-corrected chi connectivity index (χ3v) is 4.41. The van der Waals surface area contributed by atoms with Crippen LogP contribution in [0.4, 0.5) is 0 Å². The molecule has 1 amide bonds. The lowest BCUT2D eigenvalue weighted by molar-refractivity contribution is 0.0593. The Morgan fingerprint density at radius 1 is 1.12 bits per heavy atom. The molecule has 8 heteroatoms. The molecule has 7 nitrogen and oxygen atoms in total. The molecule has 2 rings (SSSR count). The number of pyridine rings is 1. The van der Waals surface area contributed by atoms with E-state index in [2.05, 4.69) is 9.72 Å². The van der Waals surface area contributed by atoms with Crippen LogP contribution in [0.1, 0.15) is 26.4 Å². The van der Waals surface area contributed by atoms with E-state index in [0.29, 0.717) is 6.42 Å². The number of hydrogen-bond acceptors (Lipinski definition) is 6. The van der Waals surface area contributed by atoms with Crippen LogP contribution in [0.3, 0.4) is 0 Å². The summed E-state index contributed by atoms with van der Waals surface area (Å²) in [6.45, 7) is 0. The van der Waals surface area contributed by atoms with Gasteiger partial charge in [0.2, 0.25) is 10.0 Å². The van der Waals surface area contributed by atoms with E-state index in [1.54, 1.807) is 0 Å². The standard InChI is InChI=1S/C16H16N2O5S/c1-23-16(20)14-8-7-13(11-17-14)15(19)18-24(21,22)10-9-12-5-3-2-4-6-12/h2-8,11H,9-10H2,1H3,(H,18,19). The lowest BCUT2D eigenvalue weighted by atomic mass is 10.2. The highest BCUT2D eigenvalue weighted by molar-refractivity contribution is 7.90. The van der Waals surface area contributed by atoms with Gasteiger partial charge < -0.3 is 4.74 Å². The normalized spacial score (nSPS) is 10.9. The third kappa shape index (κ3) is 4.88. The molecule has 0 saturated carbocycles. The number of sulfonamides is 1. The first-order valence-electron chi connectivity index (χ1n) is 7.04. The van der Waals surface area contributed by atoms with Gasteiger partial charge in [-0.2, -0.15) is 0 Å². The maximum Gasteiger partial charge on any atom is 0.356 e. The van der Waals surface area contributed by atoms with Crippen LogP contribution in [-0.2, 0) is 21.2 Å². The fourth-order valence-electron chi connectivity index (χ4n) is 1.90. The smallest absolute Gasteiger partial charge is 0.356 e. The van der Waals surface area contributed by atoms with Gasteiger partial charge in [0.25, 0.3) is 5.91 Å². The fourth-order valence-corrected chi connectivity index (χ4v) is 2.91. The zero-order chi connectivity index (χ0) is 17.6. The number of amides is 1. The lowest BCUT2D eigenvalue weighted by Crippen LogP contribution is -2.33. The number of carbonyl (C=O) groups excluding carboxylic acids is 2. The fraction of sp³-hybridized carbons (Fsp3) is 0.188. The van der Waals surface area contributed by atoms with Crippen LogP contribution in [0.15, 0.2) is 48.7 Å². The highest BCUT2D eigenvalue weighted by Crippen LogP contribution is 2.05. The first-order valence-corrected chi connectivity index (χ1v) is 8.69. The SMILES string of the molecule is COC(=O)c1ccc(C(=O)NS(=O)(=O)CCc2ccccc2)cn1. The summed E-state index contributed by atoms with van der Waals surface area (Å²) in [5.74, 6) is -1.65. The molecule has 24 heavy (non-hydrogen) atoms. The number of aryl methyl sites for hydroxylation is 1. The van der Waals surface area contributed by atoms with Crippen molar-refractivity contribution in [3.63, 3.8) is 0 Å². The summed E-state index contributed by atoms with van der Waals surface area (Å²) in [5, 5.41) is 0. The van der Waals surface area contributed by atoms with Gasteiger partial charge in [-0.3, -0.25) is 4.79 Å². The van der Waals surface area contributed by atoms with Crippen LogP contribution in [0.25, 0.3) is 0 Å². The Labute approximate surface area is 139 Å². The molecule has 0 bridgehead atoms. The zero-order valence-corrected chi connectivity index (χ0v) is 13.7. The van der Waals surface area contributed by atoms with Gasteiger partial charge in [-0.15, -0.1) is 0 Å². The molecule has 0 atom stereocenters. The van der Waals surface area contributed by atoms with Crippen LogP contribution >= 0.6 is 0 Å². The minimum Gasteiger partial charge on any atom is -0.464 e.